The number of hydrogen-bond donors (Lipinski definition) is 0. The van der Waals surface area contributed by atoms with Crippen LogP contribution in [-0.2, 0) is 22.3 Å². The first-order chi connectivity index (χ1) is 8.92. The minimum Gasteiger partial charge on any atom is -0.252 e. The van der Waals surface area contributed by atoms with Crippen LogP contribution in [0.25, 0.3) is 0 Å². The highest BCUT2D eigenvalue weighted by atomic mass is 35.5. The maximum atomic E-state index is 11.2. The number of hydrogen-bond acceptors (Lipinski definition) is 3. The minimum atomic E-state index is -3.02. The second-order valence-corrected chi connectivity index (χ2v) is 8.01. The van der Waals surface area contributed by atoms with Crippen LogP contribution in [0.5, 0.6) is 0 Å². The third kappa shape index (κ3) is 3.64. The molecule has 0 aliphatic heterocycles. The van der Waals surface area contributed by atoms with Crippen LogP contribution in [0.15, 0.2) is 0 Å². The molecular formula is C12H18Cl2N2O2S. The fraction of sp³-hybridized carbons (Fsp3) is 0.750. The van der Waals surface area contributed by atoms with Crippen LogP contribution < -0.4 is 0 Å². The Morgan fingerprint density at radius 1 is 1.37 bits per heavy atom. The SMILES string of the molecule is CS(=O)(=O)CCn1nc(C2CCCC2)c(CCl)c1Cl. The molecule has 0 bridgehead atoms. The highest BCUT2D eigenvalue weighted by molar-refractivity contribution is 7.90. The summed E-state index contributed by atoms with van der Waals surface area (Å²) < 4.78 is 24.0. The smallest absolute Gasteiger partial charge is 0.149 e. The summed E-state index contributed by atoms with van der Waals surface area (Å²) in [5, 5.41) is 4.99. The van der Waals surface area contributed by atoms with E-state index in [0.29, 0.717) is 17.0 Å². The largest absolute Gasteiger partial charge is 0.252 e. The minimum absolute atomic E-state index is 0.0419. The van der Waals surface area contributed by atoms with Crippen molar-refractivity contribution in [3.63, 3.8) is 0 Å². The second kappa shape index (κ2) is 6.02. The molecule has 0 radical (unpaired) electrons. The normalized spacial score (nSPS) is 17.2. The second-order valence-electron chi connectivity index (χ2n) is 5.12. The third-order valence-corrected chi connectivity index (χ3v) is 5.18. The van der Waals surface area contributed by atoms with E-state index in [-0.39, 0.29) is 12.3 Å². The molecule has 2 rings (SSSR count). The van der Waals surface area contributed by atoms with Gasteiger partial charge in [-0.1, -0.05) is 24.4 Å². The van der Waals surface area contributed by atoms with Crippen LogP contribution in [0.1, 0.15) is 42.9 Å². The van der Waals surface area contributed by atoms with Crippen molar-refractivity contribution in [3.8, 4) is 0 Å². The maximum Gasteiger partial charge on any atom is 0.149 e. The molecule has 0 saturated heterocycles. The van der Waals surface area contributed by atoms with Crippen molar-refractivity contribution in [3.05, 3.63) is 16.4 Å². The van der Waals surface area contributed by atoms with Crippen LogP contribution in [0, 0.1) is 0 Å². The van der Waals surface area contributed by atoms with Gasteiger partial charge in [0, 0.05) is 17.7 Å². The molecule has 0 amide bonds. The average molecular weight is 325 g/mol. The standard InChI is InChI=1S/C12H18Cl2N2O2S/c1-19(17,18)7-6-16-12(14)10(8-13)11(15-16)9-4-2-3-5-9/h9H,2-8H2,1H3. The van der Waals surface area contributed by atoms with E-state index >= 15 is 0 Å². The molecule has 0 aromatic carbocycles. The Morgan fingerprint density at radius 2 is 2.00 bits per heavy atom. The van der Waals surface area contributed by atoms with Crippen molar-refractivity contribution in [1.29, 1.82) is 0 Å². The molecule has 1 aromatic heterocycles. The Labute approximate surface area is 124 Å². The lowest BCUT2D eigenvalue weighted by Gasteiger charge is -2.06. The summed E-state index contributed by atoms with van der Waals surface area (Å²) in [6.45, 7) is 0.286. The van der Waals surface area contributed by atoms with Crippen LogP contribution in [0.2, 0.25) is 5.15 Å². The van der Waals surface area contributed by atoms with E-state index in [9.17, 15) is 8.42 Å². The molecule has 1 aromatic rings. The molecule has 1 aliphatic carbocycles. The monoisotopic (exact) mass is 324 g/mol. The number of aryl methyl sites for hydroxylation is 1. The van der Waals surface area contributed by atoms with Gasteiger partial charge in [-0.3, -0.25) is 4.68 Å². The van der Waals surface area contributed by atoms with E-state index in [4.69, 9.17) is 23.2 Å². The fourth-order valence-electron chi connectivity index (χ4n) is 2.55. The van der Waals surface area contributed by atoms with Gasteiger partial charge < -0.3 is 0 Å². The lowest BCUT2D eigenvalue weighted by Crippen LogP contribution is -2.12. The van der Waals surface area contributed by atoms with Gasteiger partial charge in [-0.25, -0.2) is 8.42 Å². The molecule has 0 unspecified atom stereocenters. The van der Waals surface area contributed by atoms with E-state index in [1.807, 2.05) is 0 Å². The maximum absolute atomic E-state index is 11.2. The van der Waals surface area contributed by atoms with Gasteiger partial charge in [-0.05, 0) is 12.8 Å². The molecule has 1 fully saturated rings. The summed E-state index contributed by atoms with van der Waals surface area (Å²) in [5.41, 5.74) is 1.83. The number of rotatable bonds is 5. The van der Waals surface area contributed by atoms with Gasteiger partial charge in [0.05, 0.1) is 23.9 Å². The van der Waals surface area contributed by atoms with Crippen molar-refractivity contribution >= 4 is 33.0 Å². The van der Waals surface area contributed by atoms with Gasteiger partial charge in [-0.15, -0.1) is 11.6 Å². The number of aromatic nitrogens is 2. The van der Waals surface area contributed by atoms with E-state index in [0.717, 1.165) is 24.1 Å². The Kier molecular flexibility index (Phi) is 4.79. The first-order valence-corrected chi connectivity index (χ1v) is 9.38. The number of halogens is 2. The summed E-state index contributed by atoms with van der Waals surface area (Å²) in [6.07, 6.45) is 5.86. The highest BCUT2D eigenvalue weighted by Crippen LogP contribution is 2.37. The molecule has 0 N–H and O–H groups in total. The first kappa shape index (κ1) is 15.1. The molecular weight excluding hydrogens is 307 g/mol. The zero-order chi connectivity index (χ0) is 14.0. The molecule has 108 valence electrons. The summed E-state index contributed by atoms with van der Waals surface area (Å²) in [6, 6.07) is 0. The Balaban J connectivity index is 2.25. The molecule has 1 aliphatic rings. The summed E-state index contributed by atoms with van der Waals surface area (Å²) in [7, 11) is -3.02. The van der Waals surface area contributed by atoms with Crippen molar-refractivity contribution in [2.45, 2.75) is 44.0 Å². The number of nitrogens with zero attached hydrogens (tertiary/aromatic N) is 2. The molecule has 0 atom stereocenters. The summed E-state index contributed by atoms with van der Waals surface area (Å²) >= 11 is 12.2. The van der Waals surface area contributed by atoms with E-state index in [1.165, 1.54) is 19.1 Å². The van der Waals surface area contributed by atoms with E-state index in [1.54, 1.807) is 4.68 Å². The quantitative estimate of drug-likeness (QED) is 0.782. The van der Waals surface area contributed by atoms with Crippen molar-refractivity contribution < 1.29 is 8.42 Å². The van der Waals surface area contributed by atoms with Crippen LogP contribution in [-0.4, -0.2) is 30.2 Å². The first-order valence-electron chi connectivity index (χ1n) is 6.41. The lowest BCUT2D eigenvalue weighted by atomic mass is 10.0. The van der Waals surface area contributed by atoms with Crippen molar-refractivity contribution in [1.82, 2.24) is 9.78 Å². The van der Waals surface area contributed by atoms with Gasteiger partial charge in [0.2, 0.25) is 0 Å². The lowest BCUT2D eigenvalue weighted by molar-refractivity contribution is 0.579. The molecule has 1 saturated carbocycles. The molecule has 19 heavy (non-hydrogen) atoms. The Hall–Kier alpha value is -0.260. The van der Waals surface area contributed by atoms with Gasteiger partial charge >= 0.3 is 0 Å². The van der Waals surface area contributed by atoms with Crippen LogP contribution in [0.4, 0.5) is 0 Å². The zero-order valence-electron chi connectivity index (χ0n) is 10.9. The van der Waals surface area contributed by atoms with Gasteiger partial charge in [0.1, 0.15) is 15.0 Å². The fourth-order valence-corrected chi connectivity index (χ4v) is 3.67. The highest BCUT2D eigenvalue weighted by Gasteiger charge is 2.25. The summed E-state index contributed by atoms with van der Waals surface area (Å²) in [5.74, 6) is 0.787. The van der Waals surface area contributed by atoms with Gasteiger partial charge in [0.25, 0.3) is 0 Å². The number of alkyl halides is 1. The molecule has 1 heterocycles. The topological polar surface area (TPSA) is 52.0 Å². The van der Waals surface area contributed by atoms with Crippen LogP contribution in [0.3, 0.4) is 0 Å². The third-order valence-electron chi connectivity index (χ3n) is 3.56. The molecule has 7 heteroatoms. The predicted molar refractivity (Wildman–Crippen MR) is 77.7 cm³/mol. The average Bonchev–Trinajstić information content (AvgIpc) is 2.93. The number of sulfone groups is 1. The van der Waals surface area contributed by atoms with Crippen molar-refractivity contribution in [2.24, 2.45) is 0 Å². The van der Waals surface area contributed by atoms with Crippen LogP contribution >= 0.6 is 23.2 Å². The Morgan fingerprint density at radius 3 is 2.53 bits per heavy atom. The summed E-state index contributed by atoms with van der Waals surface area (Å²) in [4.78, 5) is 0. The van der Waals surface area contributed by atoms with E-state index < -0.39 is 9.84 Å². The zero-order valence-corrected chi connectivity index (χ0v) is 13.2. The molecule has 0 spiro atoms. The molecule has 4 nitrogen and oxygen atoms in total. The predicted octanol–water partition coefficient (Wildman–Crippen LogP) is 2.98. The van der Waals surface area contributed by atoms with Gasteiger partial charge in [-0.2, -0.15) is 5.10 Å². The van der Waals surface area contributed by atoms with Gasteiger partial charge in [0.15, 0.2) is 0 Å². The Bertz CT molecular complexity index is 548. The van der Waals surface area contributed by atoms with E-state index in [2.05, 4.69) is 5.10 Å². The van der Waals surface area contributed by atoms with Crippen molar-refractivity contribution in [2.75, 3.05) is 12.0 Å².